The summed E-state index contributed by atoms with van der Waals surface area (Å²) in [5, 5.41) is 3.70. The molecule has 1 aliphatic rings. The normalized spacial score (nSPS) is 28.9. The second-order valence-electron chi connectivity index (χ2n) is 9.09. The van der Waals surface area contributed by atoms with Crippen LogP contribution in [0.2, 0.25) is 0 Å². The standard InChI is InChI=1S/C20H41N/c1-8-9-16(4)12-18-13-19(20(5,6)7)11-10-17(18)14-21-15(2)3/h15-19,21H,8-14H2,1-7H3. The summed E-state index contributed by atoms with van der Waals surface area (Å²) in [4.78, 5) is 0. The highest BCUT2D eigenvalue weighted by Crippen LogP contribution is 2.44. The third-order valence-electron chi connectivity index (χ3n) is 5.64. The highest BCUT2D eigenvalue weighted by Gasteiger charge is 2.36. The first-order chi connectivity index (χ1) is 9.74. The smallest absolute Gasteiger partial charge is 0.00104 e. The lowest BCUT2D eigenvalue weighted by atomic mass is 9.64. The van der Waals surface area contributed by atoms with E-state index in [0.29, 0.717) is 11.5 Å². The van der Waals surface area contributed by atoms with E-state index in [1.54, 1.807) is 0 Å². The SMILES string of the molecule is CCCC(C)CC1CC(C(C)(C)C)CCC1CNC(C)C. The Morgan fingerprint density at radius 2 is 1.71 bits per heavy atom. The summed E-state index contributed by atoms with van der Waals surface area (Å²) < 4.78 is 0. The molecular weight excluding hydrogens is 254 g/mol. The fourth-order valence-corrected chi connectivity index (χ4v) is 4.19. The molecular formula is C20H41N. The lowest BCUT2D eigenvalue weighted by Gasteiger charge is -2.43. The topological polar surface area (TPSA) is 12.0 Å². The van der Waals surface area contributed by atoms with Crippen LogP contribution in [0.1, 0.15) is 87.0 Å². The summed E-state index contributed by atoms with van der Waals surface area (Å²) in [5.74, 6) is 3.67. The average Bonchev–Trinajstić information content (AvgIpc) is 2.36. The van der Waals surface area contributed by atoms with E-state index in [4.69, 9.17) is 0 Å². The Labute approximate surface area is 134 Å². The van der Waals surface area contributed by atoms with Crippen molar-refractivity contribution in [2.24, 2.45) is 29.1 Å². The first kappa shape index (κ1) is 19.0. The fourth-order valence-electron chi connectivity index (χ4n) is 4.19. The minimum atomic E-state index is 0.489. The molecule has 0 spiro atoms. The van der Waals surface area contributed by atoms with Crippen LogP contribution in [0.15, 0.2) is 0 Å². The van der Waals surface area contributed by atoms with Crippen molar-refractivity contribution >= 4 is 0 Å². The van der Waals surface area contributed by atoms with Gasteiger partial charge in [0.15, 0.2) is 0 Å². The van der Waals surface area contributed by atoms with Gasteiger partial charge in [-0.25, -0.2) is 0 Å². The Bertz CT molecular complexity index is 276. The molecule has 0 aliphatic heterocycles. The van der Waals surface area contributed by atoms with E-state index in [1.165, 1.54) is 45.1 Å². The van der Waals surface area contributed by atoms with Gasteiger partial charge in [-0.2, -0.15) is 0 Å². The van der Waals surface area contributed by atoms with Gasteiger partial charge in [-0.15, -0.1) is 0 Å². The molecule has 1 aliphatic carbocycles. The van der Waals surface area contributed by atoms with Crippen molar-refractivity contribution < 1.29 is 0 Å². The Morgan fingerprint density at radius 1 is 1.05 bits per heavy atom. The molecule has 4 atom stereocenters. The van der Waals surface area contributed by atoms with Gasteiger partial charge in [-0.1, -0.05) is 61.3 Å². The van der Waals surface area contributed by atoms with Crippen LogP contribution in [0, 0.1) is 29.1 Å². The third-order valence-corrected chi connectivity index (χ3v) is 5.64. The van der Waals surface area contributed by atoms with E-state index >= 15 is 0 Å². The molecule has 0 aromatic rings. The van der Waals surface area contributed by atoms with Crippen molar-refractivity contribution in [1.29, 1.82) is 0 Å². The Balaban J connectivity index is 2.64. The van der Waals surface area contributed by atoms with Crippen LogP contribution in [0.4, 0.5) is 0 Å². The molecule has 1 fully saturated rings. The van der Waals surface area contributed by atoms with Crippen LogP contribution in [0.25, 0.3) is 0 Å². The van der Waals surface area contributed by atoms with Crippen molar-refractivity contribution in [3.05, 3.63) is 0 Å². The van der Waals surface area contributed by atoms with Gasteiger partial charge in [-0.3, -0.25) is 0 Å². The molecule has 1 N–H and O–H groups in total. The maximum absolute atomic E-state index is 3.70. The molecule has 0 radical (unpaired) electrons. The van der Waals surface area contributed by atoms with Crippen LogP contribution < -0.4 is 5.32 Å². The van der Waals surface area contributed by atoms with E-state index < -0.39 is 0 Å². The van der Waals surface area contributed by atoms with Crippen molar-refractivity contribution in [3.63, 3.8) is 0 Å². The summed E-state index contributed by atoms with van der Waals surface area (Å²) in [6.45, 7) is 17.9. The fraction of sp³-hybridized carbons (Fsp3) is 1.00. The number of hydrogen-bond donors (Lipinski definition) is 1. The molecule has 126 valence electrons. The zero-order valence-corrected chi connectivity index (χ0v) is 15.8. The van der Waals surface area contributed by atoms with E-state index in [-0.39, 0.29) is 0 Å². The number of nitrogens with one attached hydrogen (secondary N) is 1. The molecule has 1 nitrogen and oxygen atoms in total. The molecule has 1 saturated carbocycles. The summed E-state index contributed by atoms with van der Waals surface area (Å²) in [5.41, 5.74) is 0.489. The van der Waals surface area contributed by atoms with Crippen molar-refractivity contribution in [2.75, 3.05) is 6.54 Å². The van der Waals surface area contributed by atoms with Gasteiger partial charge < -0.3 is 5.32 Å². The molecule has 0 aromatic carbocycles. The molecule has 4 unspecified atom stereocenters. The molecule has 0 heterocycles. The lowest BCUT2D eigenvalue weighted by molar-refractivity contribution is 0.0825. The monoisotopic (exact) mass is 295 g/mol. The number of rotatable bonds is 7. The molecule has 1 heteroatoms. The predicted octanol–water partition coefficient (Wildman–Crippen LogP) is 5.89. The van der Waals surface area contributed by atoms with E-state index in [1.807, 2.05) is 0 Å². The molecule has 21 heavy (non-hydrogen) atoms. The summed E-state index contributed by atoms with van der Waals surface area (Å²) >= 11 is 0. The predicted molar refractivity (Wildman–Crippen MR) is 95.6 cm³/mol. The molecule has 0 saturated heterocycles. The summed E-state index contributed by atoms with van der Waals surface area (Å²) in [6.07, 6.45) is 8.52. The first-order valence-corrected chi connectivity index (χ1v) is 9.47. The van der Waals surface area contributed by atoms with Crippen molar-refractivity contribution in [2.45, 2.75) is 93.0 Å². The van der Waals surface area contributed by atoms with Crippen LogP contribution in [-0.2, 0) is 0 Å². The third kappa shape index (κ3) is 6.72. The maximum Gasteiger partial charge on any atom is 0.00104 e. The molecule has 0 bridgehead atoms. The quantitative estimate of drug-likeness (QED) is 0.617. The van der Waals surface area contributed by atoms with Gasteiger partial charge in [0.25, 0.3) is 0 Å². The van der Waals surface area contributed by atoms with Crippen LogP contribution in [0.3, 0.4) is 0 Å². The van der Waals surface area contributed by atoms with Crippen LogP contribution >= 0.6 is 0 Å². The highest BCUT2D eigenvalue weighted by molar-refractivity contribution is 4.87. The van der Waals surface area contributed by atoms with Gasteiger partial charge >= 0.3 is 0 Å². The summed E-state index contributed by atoms with van der Waals surface area (Å²) in [7, 11) is 0. The maximum atomic E-state index is 3.70. The second-order valence-corrected chi connectivity index (χ2v) is 9.09. The van der Waals surface area contributed by atoms with Gasteiger partial charge in [0.1, 0.15) is 0 Å². The van der Waals surface area contributed by atoms with Crippen LogP contribution in [0.5, 0.6) is 0 Å². The van der Waals surface area contributed by atoms with E-state index in [9.17, 15) is 0 Å². The Morgan fingerprint density at radius 3 is 2.24 bits per heavy atom. The van der Waals surface area contributed by atoms with Gasteiger partial charge in [0.2, 0.25) is 0 Å². The van der Waals surface area contributed by atoms with Gasteiger partial charge in [0.05, 0.1) is 0 Å². The second kappa shape index (κ2) is 8.56. The summed E-state index contributed by atoms with van der Waals surface area (Å²) in [6, 6.07) is 0.624. The average molecular weight is 296 g/mol. The van der Waals surface area contributed by atoms with E-state index in [0.717, 1.165) is 23.7 Å². The first-order valence-electron chi connectivity index (χ1n) is 9.47. The number of hydrogen-bond acceptors (Lipinski definition) is 1. The largest absolute Gasteiger partial charge is 0.314 e. The van der Waals surface area contributed by atoms with Crippen molar-refractivity contribution in [1.82, 2.24) is 5.32 Å². The Kier molecular flexibility index (Phi) is 7.74. The zero-order chi connectivity index (χ0) is 16.0. The van der Waals surface area contributed by atoms with Gasteiger partial charge in [0, 0.05) is 6.04 Å². The molecule has 0 aromatic heterocycles. The highest BCUT2D eigenvalue weighted by atomic mass is 14.9. The van der Waals surface area contributed by atoms with Crippen LogP contribution in [-0.4, -0.2) is 12.6 Å². The Hall–Kier alpha value is -0.0400. The minimum Gasteiger partial charge on any atom is -0.314 e. The minimum absolute atomic E-state index is 0.489. The lowest BCUT2D eigenvalue weighted by Crippen LogP contribution is -2.39. The van der Waals surface area contributed by atoms with Gasteiger partial charge in [-0.05, 0) is 61.3 Å². The van der Waals surface area contributed by atoms with Crippen molar-refractivity contribution in [3.8, 4) is 0 Å². The van der Waals surface area contributed by atoms with E-state index in [2.05, 4.69) is 53.8 Å². The molecule has 0 amide bonds. The molecule has 1 rings (SSSR count). The zero-order valence-electron chi connectivity index (χ0n) is 15.8.